The normalized spacial score (nSPS) is 13.3. The molecular weight excluding hydrogens is 407 g/mol. The molecule has 2 aromatic carbocycles. The predicted molar refractivity (Wildman–Crippen MR) is 121 cm³/mol. The maximum absolute atomic E-state index is 13.6. The summed E-state index contributed by atoms with van der Waals surface area (Å²) in [4.78, 5) is 17.1. The lowest BCUT2D eigenvalue weighted by molar-refractivity contribution is 0.0975. The molecule has 0 unspecified atom stereocenters. The highest BCUT2D eigenvalue weighted by molar-refractivity contribution is 5.98. The number of fused-ring (bicyclic) bond motifs is 1. The lowest BCUT2D eigenvalue weighted by Gasteiger charge is -2.11. The third kappa shape index (κ3) is 3.93. The van der Waals surface area contributed by atoms with Gasteiger partial charge in [0, 0.05) is 36.7 Å². The van der Waals surface area contributed by atoms with Crippen LogP contribution in [0.1, 0.15) is 35.2 Å². The molecule has 1 aliphatic rings. The number of halogens is 1. The number of carbonyl (C=O) groups is 1. The molecule has 4 aromatic rings. The van der Waals surface area contributed by atoms with Gasteiger partial charge in [-0.1, -0.05) is 18.2 Å². The van der Waals surface area contributed by atoms with Crippen molar-refractivity contribution in [2.75, 3.05) is 12.4 Å². The van der Waals surface area contributed by atoms with Crippen LogP contribution in [0.15, 0.2) is 54.7 Å². The molecule has 0 bridgehead atoms. The number of imidazole rings is 1. The van der Waals surface area contributed by atoms with Gasteiger partial charge < -0.3 is 10.1 Å². The number of ether oxygens (including phenoxy) is 1. The molecule has 2 aromatic heterocycles. The van der Waals surface area contributed by atoms with Gasteiger partial charge in [0.1, 0.15) is 11.6 Å². The summed E-state index contributed by atoms with van der Waals surface area (Å²) < 4.78 is 21.1. The van der Waals surface area contributed by atoms with Crippen molar-refractivity contribution in [1.82, 2.24) is 14.6 Å². The third-order valence-electron chi connectivity index (χ3n) is 5.73. The predicted octanol–water partition coefficient (Wildman–Crippen LogP) is 5.66. The average Bonchev–Trinajstić information content (AvgIpc) is 3.48. The first-order valence-electron chi connectivity index (χ1n) is 10.7. The van der Waals surface area contributed by atoms with Gasteiger partial charge in [0.25, 0.3) is 0 Å². The fourth-order valence-electron chi connectivity index (χ4n) is 3.86. The van der Waals surface area contributed by atoms with Crippen LogP contribution in [-0.4, -0.2) is 27.4 Å². The minimum absolute atomic E-state index is 0.205. The standard InChI is InChI=1S/C25H23FN4O2/c1-15-10-17(8-9-20(15)23(31)11-16-6-7-16)22-14-28-25-21(27-2)13-24(29-30(22)25)32-19-5-3-4-18(26)12-19/h3-5,8-10,12-14,16,27H,6-7,11H2,1-2H3. The van der Waals surface area contributed by atoms with E-state index in [2.05, 4.69) is 15.4 Å². The first-order valence-corrected chi connectivity index (χ1v) is 10.7. The molecule has 1 saturated carbocycles. The van der Waals surface area contributed by atoms with Crippen LogP contribution in [0.4, 0.5) is 10.1 Å². The average molecular weight is 430 g/mol. The van der Waals surface area contributed by atoms with E-state index < -0.39 is 0 Å². The summed E-state index contributed by atoms with van der Waals surface area (Å²) >= 11 is 0. The van der Waals surface area contributed by atoms with E-state index in [9.17, 15) is 9.18 Å². The number of rotatable bonds is 7. The van der Waals surface area contributed by atoms with Gasteiger partial charge in [-0.3, -0.25) is 4.79 Å². The molecule has 0 aliphatic heterocycles. The second-order valence-electron chi connectivity index (χ2n) is 8.18. The maximum Gasteiger partial charge on any atom is 0.239 e. The number of hydrogen-bond donors (Lipinski definition) is 1. The van der Waals surface area contributed by atoms with Crippen molar-refractivity contribution in [1.29, 1.82) is 0 Å². The van der Waals surface area contributed by atoms with Crippen LogP contribution in [0, 0.1) is 18.7 Å². The number of nitrogens with one attached hydrogen (secondary N) is 1. The van der Waals surface area contributed by atoms with Gasteiger partial charge in [-0.25, -0.2) is 13.9 Å². The highest BCUT2D eigenvalue weighted by Crippen LogP contribution is 2.34. The van der Waals surface area contributed by atoms with Gasteiger partial charge in [-0.2, -0.15) is 0 Å². The molecule has 0 saturated heterocycles. The second kappa shape index (κ2) is 8.07. The molecule has 6 nitrogen and oxygen atoms in total. The fourth-order valence-corrected chi connectivity index (χ4v) is 3.86. The van der Waals surface area contributed by atoms with Crippen molar-refractivity contribution in [3.63, 3.8) is 0 Å². The van der Waals surface area contributed by atoms with Gasteiger partial charge >= 0.3 is 0 Å². The van der Waals surface area contributed by atoms with E-state index in [1.54, 1.807) is 36.0 Å². The summed E-state index contributed by atoms with van der Waals surface area (Å²) in [5.41, 5.74) is 4.74. The van der Waals surface area contributed by atoms with Crippen LogP contribution >= 0.6 is 0 Å². The van der Waals surface area contributed by atoms with Gasteiger partial charge in [0.05, 0.1) is 17.6 Å². The van der Waals surface area contributed by atoms with Crippen LogP contribution in [0.3, 0.4) is 0 Å². The monoisotopic (exact) mass is 430 g/mol. The van der Waals surface area contributed by atoms with Crippen LogP contribution in [0.5, 0.6) is 11.6 Å². The molecule has 0 spiro atoms. The van der Waals surface area contributed by atoms with Gasteiger partial charge in [0.15, 0.2) is 11.4 Å². The Labute approximate surface area is 185 Å². The highest BCUT2D eigenvalue weighted by atomic mass is 19.1. The number of Topliss-reactive ketones (excluding diaryl/α,β-unsaturated/α-hetero) is 1. The Morgan fingerprint density at radius 1 is 1.22 bits per heavy atom. The molecule has 1 aliphatic carbocycles. The van der Waals surface area contributed by atoms with Crippen molar-refractivity contribution in [2.45, 2.75) is 26.2 Å². The zero-order valence-electron chi connectivity index (χ0n) is 17.9. The number of anilines is 1. The third-order valence-corrected chi connectivity index (χ3v) is 5.73. The smallest absolute Gasteiger partial charge is 0.239 e. The lowest BCUT2D eigenvalue weighted by Crippen LogP contribution is -2.04. The minimum atomic E-state index is -0.382. The zero-order chi connectivity index (χ0) is 22.2. The van der Waals surface area contributed by atoms with Crippen molar-refractivity contribution in [3.8, 4) is 22.9 Å². The van der Waals surface area contributed by atoms with E-state index in [0.29, 0.717) is 29.6 Å². The van der Waals surface area contributed by atoms with Crippen LogP contribution < -0.4 is 10.1 Å². The quantitative estimate of drug-likeness (QED) is 0.383. The van der Waals surface area contributed by atoms with E-state index in [1.165, 1.54) is 12.1 Å². The van der Waals surface area contributed by atoms with Crippen LogP contribution in [0.25, 0.3) is 16.9 Å². The van der Waals surface area contributed by atoms with Crippen LogP contribution in [0.2, 0.25) is 0 Å². The summed E-state index contributed by atoms with van der Waals surface area (Å²) in [5, 5.41) is 7.69. The van der Waals surface area contributed by atoms with Crippen molar-refractivity contribution >= 4 is 17.1 Å². The number of ketones is 1. The topological polar surface area (TPSA) is 68.5 Å². The fraction of sp³-hybridized carbons (Fsp3) is 0.240. The molecule has 0 radical (unpaired) electrons. The van der Waals surface area contributed by atoms with Crippen molar-refractivity contribution < 1.29 is 13.9 Å². The summed E-state index contributed by atoms with van der Waals surface area (Å²) in [6.07, 6.45) is 4.69. The number of nitrogens with zero attached hydrogens (tertiary/aromatic N) is 3. The Morgan fingerprint density at radius 2 is 2.06 bits per heavy atom. The number of aryl methyl sites for hydroxylation is 1. The highest BCUT2D eigenvalue weighted by Gasteiger charge is 2.25. The van der Waals surface area contributed by atoms with E-state index in [0.717, 1.165) is 40.9 Å². The Hall–Kier alpha value is -3.74. The molecular formula is C25H23FN4O2. The molecule has 2 heterocycles. The minimum Gasteiger partial charge on any atom is -0.437 e. The zero-order valence-corrected chi connectivity index (χ0v) is 17.9. The Kier molecular flexibility index (Phi) is 5.09. The van der Waals surface area contributed by atoms with Crippen molar-refractivity contribution in [3.05, 3.63) is 71.7 Å². The van der Waals surface area contributed by atoms with Gasteiger partial charge in [-0.15, -0.1) is 5.10 Å². The first-order chi connectivity index (χ1) is 15.5. The molecule has 1 fully saturated rings. The van der Waals surface area contributed by atoms with E-state index in [1.807, 2.05) is 25.1 Å². The maximum atomic E-state index is 13.6. The van der Waals surface area contributed by atoms with Crippen molar-refractivity contribution in [2.24, 2.45) is 5.92 Å². The second-order valence-corrected chi connectivity index (χ2v) is 8.18. The first kappa shape index (κ1) is 20.2. The molecule has 1 N–H and O–H groups in total. The number of hydrogen-bond acceptors (Lipinski definition) is 5. The number of aromatic nitrogens is 3. The molecule has 162 valence electrons. The van der Waals surface area contributed by atoms with E-state index in [4.69, 9.17) is 4.74 Å². The van der Waals surface area contributed by atoms with Gasteiger partial charge in [0.2, 0.25) is 5.88 Å². The number of carbonyl (C=O) groups excluding carboxylic acids is 1. The number of benzene rings is 2. The summed E-state index contributed by atoms with van der Waals surface area (Å²) in [6, 6.07) is 13.5. The summed E-state index contributed by atoms with van der Waals surface area (Å²) in [7, 11) is 1.79. The Bertz CT molecular complexity index is 1330. The van der Waals surface area contributed by atoms with E-state index >= 15 is 0 Å². The molecule has 5 rings (SSSR count). The molecule has 0 atom stereocenters. The van der Waals surface area contributed by atoms with Gasteiger partial charge in [-0.05, 0) is 49.4 Å². The SMILES string of the molecule is CNc1cc(Oc2cccc(F)c2)nn2c(-c3ccc(C(=O)CC4CC4)c(C)c3)cnc12. The lowest BCUT2D eigenvalue weighted by atomic mass is 9.98. The van der Waals surface area contributed by atoms with Crippen LogP contribution in [-0.2, 0) is 0 Å². The van der Waals surface area contributed by atoms with E-state index in [-0.39, 0.29) is 11.6 Å². The largest absolute Gasteiger partial charge is 0.437 e. The summed E-state index contributed by atoms with van der Waals surface area (Å²) in [6.45, 7) is 1.96. The Balaban J connectivity index is 1.52. The Morgan fingerprint density at radius 3 is 2.78 bits per heavy atom. The summed E-state index contributed by atoms with van der Waals surface area (Å²) in [5.74, 6) is 1.04. The molecule has 32 heavy (non-hydrogen) atoms. The molecule has 7 heteroatoms. The molecule has 0 amide bonds.